The SMILES string of the molecule is CC1(N)CCCC1N. The Bertz CT molecular complexity index is 88.5. The molecule has 2 nitrogen and oxygen atoms in total. The molecule has 0 bridgehead atoms. The van der Waals surface area contributed by atoms with E-state index in [9.17, 15) is 0 Å². The van der Waals surface area contributed by atoms with Crippen LogP contribution < -0.4 is 11.5 Å². The number of nitrogens with two attached hydrogens (primary N) is 2. The first kappa shape index (κ1) is 6.05. The van der Waals surface area contributed by atoms with Crippen molar-refractivity contribution >= 4 is 0 Å². The second-order valence-corrected chi connectivity index (χ2v) is 3.00. The van der Waals surface area contributed by atoms with Crippen LogP contribution in [0.5, 0.6) is 0 Å². The Morgan fingerprint density at radius 2 is 2.25 bits per heavy atom. The smallest absolute Gasteiger partial charge is 0.0279 e. The molecule has 48 valence electrons. The molecule has 0 aliphatic heterocycles. The van der Waals surface area contributed by atoms with E-state index in [2.05, 4.69) is 0 Å². The van der Waals surface area contributed by atoms with Crippen LogP contribution in [0.25, 0.3) is 0 Å². The predicted octanol–water partition coefficient (Wildman–Crippen LogP) is 0.215. The first-order valence-electron chi connectivity index (χ1n) is 3.17. The van der Waals surface area contributed by atoms with Crippen LogP contribution in [0.3, 0.4) is 0 Å². The van der Waals surface area contributed by atoms with Gasteiger partial charge in [-0.25, -0.2) is 0 Å². The minimum absolute atomic E-state index is 0.0694. The van der Waals surface area contributed by atoms with Gasteiger partial charge < -0.3 is 11.5 Å². The van der Waals surface area contributed by atoms with Crippen molar-refractivity contribution < 1.29 is 0 Å². The molecule has 0 heterocycles. The fourth-order valence-corrected chi connectivity index (χ4v) is 1.22. The second kappa shape index (κ2) is 1.71. The molecule has 1 aliphatic carbocycles. The monoisotopic (exact) mass is 114 g/mol. The minimum atomic E-state index is -0.0694. The van der Waals surface area contributed by atoms with Crippen LogP contribution in [0.2, 0.25) is 0 Å². The Labute approximate surface area is 50.2 Å². The summed E-state index contributed by atoms with van der Waals surface area (Å²) < 4.78 is 0. The third-order valence-electron chi connectivity index (χ3n) is 2.08. The fraction of sp³-hybridized carbons (Fsp3) is 1.00. The Morgan fingerprint density at radius 3 is 2.38 bits per heavy atom. The van der Waals surface area contributed by atoms with Crippen LogP contribution >= 0.6 is 0 Å². The van der Waals surface area contributed by atoms with E-state index < -0.39 is 0 Å². The maximum Gasteiger partial charge on any atom is 0.0279 e. The minimum Gasteiger partial charge on any atom is -0.326 e. The molecule has 1 rings (SSSR count). The van der Waals surface area contributed by atoms with Crippen LogP contribution in [0, 0.1) is 0 Å². The van der Waals surface area contributed by atoms with Gasteiger partial charge in [-0.3, -0.25) is 0 Å². The van der Waals surface area contributed by atoms with Crippen LogP contribution in [0.1, 0.15) is 26.2 Å². The molecule has 0 saturated heterocycles. The molecule has 0 radical (unpaired) electrons. The summed E-state index contributed by atoms with van der Waals surface area (Å²) in [6.07, 6.45) is 3.40. The lowest BCUT2D eigenvalue weighted by Gasteiger charge is -2.22. The lowest BCUT2D eigenvalue weighted by molar-refractivity contribution is 0.429. The van der Waals surface area contributed by atoms with Crippen molar-refractivity contribution in [3.63, 3.8) is 0 Å². The molecule has 1 aliphatic rings. The van der Waals surface area contributed by atoms with Gasteiger partial charge in [0, 0.05) is 11.6 Å². The lowest BCUT2D eigenvalue weighted by atomic mass is 9.98. The van der Waals surface area contributed by atoms with Crippen molar-refractivity contribution in [3.05, 3.63) is 0 Å². The highest BCUT2D eigenvalue weighted by atomic mass is 14.9. The first-order valence-corrected chi connectivity index (χ1v) is 3.17. The van der Waals surface area contributed by atoms with Crippen molar-refractivity contribution in [1.29, 1.82) is 0 Å². The van der Waals surface area contributed by atoms with Gasteiger partial charge in [-0.2, -0.15) is 0 Å². The van der Waals surface area contributed by atoms with Crippen molar-refractivity contribution in [2.45, 2.75) is 37.8 Å². The van der Waals surface area contributed by atoms with Gasteiger partial charge in [0.05, 0.1) is 0 Å². The molecule has 4 N–H and O–H groups in total. The zero-order valence-corrected chi connectivity index (χ0v) is 5.35. The van der Waals surface area contributed by atoms with E-state index in [1.165, 1.54) is 6.42 Å². The summed E-state index contributed by atoms with van der Waals surface area (Å²) in [6, 6.07) is 0.238. The van der Waals surface area contributed by atoms with Gasteiger partial charge in [-0.15, -0.1) is 0 Å². The largest absolute Gasteiger partial charge is 0.326 e. The highest BCUT2D eigenvalue weighted by Crippen LogP contribution is 2.24. The average Bonchev–Trinajstić information content (AvgIpc) is 1.86. The molecule has 2 unspecified atom stereocenters. The molecule has 0 amide bonds. The molecule has 2 heteroatoms. The topological polar surface area (TPSA) is 52.0 Å². The van der Waals surface area contributed by atoms with E-state index in [4.69, 9.17) is 11.5 Å². The van der Waals surface area contributed by atoms with E-state index >= 15 is 0 Å². The van der Waals surface area contributed by atoms with E-state index in [1.54, 1.807) is 0 Å². The lowest BCUT2D eigenvalue weighted by Crippen LogP contribution is -2.48. The fourth-order valence-electron chi connectivity index (χ4n) is 1.22. The molecule has 0 spiro atoms. The zero-order valence-electron chi connectivity index (χ0n) is 5.35. The Hall–Kier alpha value is -0.0800. The quantitative estimate of drug-likeness (QED) is 0.473. The molecule has 2 atom stereocenters. The van der Waals surface area contributed by atoms with Gasteiger partial charge in [0.25, 0.3) is 0 Å². The van der Waals surface area contributed by atoms with E-state index in [-0.39, 0.29) is 11.6 Å². The Kier molecular flexibility index (Phi) is 1.29. The third kappa shape index (κ3) is 0.858. The molecule has 8 heavy (non-hydrogen) atoms. The average molecular weight is 114 g/mol. The van der Waals surface area contributed by atoms with Gasteiger partial charge in [0.1, 0.15) is 0 Å². The predicted molar refractivity (Wildman–Crippen MR) is 34.4 cm³/mol. The van der Waals surface area contributed by atoms with Crippen molar-refractivity contribution in [2.24, 2.45) is 11.5 Å². The van der Waals surface area contributed by atoms with Crippen molar-refractivity contribution in [3.8, 4) is 0 Å². The molecule has 0 aromatic heterocycles. The van der Waals surface area contributed by atoms with E-state index in [0.717, 1.165) is 12.8 Å². The van der Waals surface area contributed by atoms with Gasteiger partial charge in [0.2, 0.25) is 0 Å². The summed E-state index contributed by atoms with van der Waals surface area (Å²) >= 11 is 0. The zero-order chi connectivity index (χ0) is 6.20. The Morgan fingerprint density at radius 1 is 1.62 bits per heavy atom. The first-order chi connectivity index (χ1) is 3.63. The third-order valence-corrected chi connectivity index (χ3v) is 2.08. The van der Waals surface area contributed by atoms with Crippen LogP contribution in [0.4, 0.5) is 0 Å². The van der Waals surface area contributed by atoms with Crippen molar-refractivity contribution in [1.82, 2.24) is 0 Å². The summed E-state index contributed by atoms with van der Waals surface area (Å²) in [5.41, 5.74) is 11.4. The number of rotatable bonds is 0. The van der Waals surface area contributed by atoms with Gasteiger partial charge in [0.15, 0.2) is 0 Å². The molecule has 0 aromatic carbocycles. The highest BCUT2D eigenvalue weighted by molar-refractivity contribution is 4.95. The standard InChI is InChI=1S/C6H14N2/c1-6(8)4-2-3-5(6)7/h5H,2-4,7-8H2,1H3. The normalized spacial score (nSPS) is 47.6. The van der Waals surface area contributed by atoms with E-state index in [1.807, 2.05) is 6.92 Å². The molecule has 1 fully saturated rings. The van der Waals surface area contributed by atoms with Crippen molar-refractivity contribution in [2.75, 3.05) is 0 Å². The number of hydrogen-bond donors (Lipinski definition) is 2. The second-order valence-electron chi connectivity index (χ2n) is 3.00. The summed E-state index contributed by atoms with van der Waals surface area (Å²) in [4.78, 5) is 0. The van der Waals surface area contributed by atoms with Gasteiger partial charge in [-0.05, 0) is 26.2 Å². The summed E-state index contributed by atoms with van der Waals surface area (Å²) in [6.45, 7) is 2.03. The maximum absolute atomic E-state index is 5.80. The van der Waals surface area contributed by atoms with E-state index in [0.29, 0.717) is 0 Å². The summed E-state index contributed by atoms with van der Waals surface area (Å²) in [7, 11) is 0. The Balaban J connectivity index is 2.54. The van der Waals surface area contributed by atoms with Crippen LogP contribution in [-0.4, -0.2) is 11.6 Å². The van der Waals surface area contributed by atoms with Gasteiger partial charge >= 0.3 is 0 Å². The van der Waals surface area contributed by atoms with Gasteiger partial charge in [-0.1, -0.05) is 0 Å². The molecular weight excluding hydrogens is 100 g/mol. The van der Waals surface area contributed by atoms with Crippen LogP contribution in [0.15, 0.2) is 0 Å². The highest BCUT2D eigenvalue weighted by Gasteiger charge is 2.31. The molecule has 1 saturated carbocycles. The molecule has 0 aromatic rings. The number of hydrogen-bond acceptors (Lipinski definition) is 2. The summed E-state index contributed by atoms with van der Waals surface area (Å²) in [5, 5.41) is 0. The summed E-state index contributed by atoms with van der Waals surface area (Å²) in [5.74, 6) is 0. The maximum atomic E-state index is 5.80. The molecular formula is C6H14N2. The van der Waals surface area contributed by atoms with Crippen LogP contribution in [-0.2, 0) is 0 Å².